The molecule has 94 valence electrons. The number of benzene rings is 2. The minimum atomic E-state index is -0.111. The molecule has 0 saturated carbocycles. The molecule has 0 spiro atoms. The summed E-state index contributed by atoms with van der Waals surface area (Å²) in [5.74, 6) is 0. The third-order valence-electron chi connectivity index (χ3n) is 3.05. The zero-order valence-electron chi connectivity index (χ0n) is 10.6. The van der Waals surface area contributed by atoms with E-state index in [-0.39, 0.29) is 5.56 Å². The number of fused-ring (bicyclic) bond motifs is 1. The fourth-order valence-corrected chi connectivity index (χ4v) is 2.12. The van der Waals surface area contributed by atoms with Crippen LogP contribution in [0.5, 0.6) is 0 Å². The van der Waals surface area contributed by atoms with Crippen LogP contribution in [0.2, 0.25) is 0 Å². The molecule has 1 heterocycles. The minimum absolute atomic E-state index is 0.111. The molecule has 2 N–H and O–H groups in total. The Morgan fingerprint density at radius 1 is 1.00 bits per heavy atom. The summed E-state index contributed by atoms with van der Waals surface area (Å²) in [6.45, 7) is 2.02. The summed E-state index contributed by atoms with van der Waals surface area (Å²) in [5, 5.41) is 4.17. The van der Waals surface area contributed by atoms with Gasteiger partial charge in [-0.05, 0) is 36.8 Å². The van der Waals surface area contributed by atoms with Crippen LogP contribution in [0.3, 0.4) is 0 Å². The molecule has 1 aromatic heterocycles. The highest BCUT2D eigenvalue weighted by Gasteiger charge is 2.02. The molecule has 0 unspecified atom stereocenters. The number of para-hydroxylation sites is 1. The Balaban J connectivity index is 2.05. The highest BCUT2D eigenvalue weighted by molar-refractivity contribution is 5.82. The maximum absolute atomic E-state index is 12.0. The molecule has 19 heavy (non-hydrogen) atoms. The zero-order valence-corrected chi connectivity index (χ0v) is 10.6. The molecule has 3 rings (SSSR count). The van der Waals surface area contributed by atoms with Crippen molar-refractivity contribution in [2.75, 3.05) is 5.32 Å². The molecular formula is C16H14N2O. The van der Waals surface area contributed by atoms with E-state index in [0.29, 0.717) is 5.69 Å². The largest absolute Gasteiger partial charge is 0.351 e. The standard InChI is InChI=1S/C16H14N2O/c1-11-5-4-7-13(9-11)17-15-10-12-6-2-3-8-14(12)18-16(15)19/h2-10,17H,1H3,(H,18,19). The zero-order chi connectivity index (χ0) is 13.2. The van der Waals surface area contributed by atoms with Crippen LogP contribution in [0.25, 0.3) is 10.9 Å². The van der Waals surface area contributed by atoms with Crippen molar-refractivity contribution in [1.82, 2.24) is 4.98 Å². The summed E-state index contributed by atoms with van der Waals surface area (Å²) in [6.07, 6.45) is 0. The van der Waals surface area contributed by atoms with Gasteiger partial charge in [0.05, 0.1) is 0 Å². The van der Waals surface area contributed by atoms with Crippen molar-refractivity contribution in [3.05, 3.63) is 70.5 Å². The van der Waals surface area contributed by atoms with Crippen LogP contribution >= 0.6 is 0 Å². The van der Waals surface area contributed by atoms with Crippen molar-refractivity contribution in [3.8, 4) is 0 Å². The smallest absolute Gasteiger partial charge is 0.272 e. The van der Waals surface area contributed by atoms with Crippen LogP contribution in [0, 0.1) is 6.92 Å². The van der Waals surface area contributed by atoms with Crippen LogP contribution in [0.15, 0.2) is 59.4 Å². The number of rotatable bonds is 2. The minimum Gasteiger partial charge on any atom is -0.351 e. The normalized spacial score (nSPS) is 10.6. The van der Waals surface area contributed by atoms with Gasteiger partial charge in [-0.3, -0.25) is 4.79 Å². The number of nitrogens with one attached hydrogen (secondary N) is 2. The first-order valence-corrected chi connectivity index (χ1v) is 6.18. The summed E-state index contributed by atoms with van der Waals surface area (Å²) < 4.78 is 0. The van der Waals surface area contributed by atoms with Gasteiger partial charge in [-0.1, -0.05) is 30.3 Å². The monoisotopic (exact) mass is 250 g/mol. The van der Waals surface area contributed by atoms with Crippen molar-refractivity contribution in [2.45, 2.75) is 6.92 Å². The van der Waals surface area contributed by atoms with Crippen LogP contribution in [0.1, 0.15) is 5.56 Å². The molecule has 0 aliphatic carbocycles. The Morgan fingerprint density at radius 2 is 1.84 bits per heavy atom. The average molecular weight is 250 g/mol. The van der Waals surface area contributed by atoms with Gasteiger partial charge in [0.25, 0.3) is 5.56 Å². The molecule has 0 aliphatic heterocycles. The van der Waals surface area contributed by atoms with E-state index < -0.39 is 0 Å². The van der Waals surface area contributed by atoms with Gasteiger partial charge >= 0.3 is 0 Å². The van der Waals surface area contributed by atoms with E-state index in [1.165, 1.54) is 0 Å². The number of aryl methyl sites for hydroxylation is 1. The van der Waals surface area contributed by atoms with E-state index in [9.17, 15) is 4.79 Å². The average Bonchev–Trinajstić information content (AvgIpc) is 2.40. The molecule has 2 aromatic carbocycles. The molecule has 0 aliphatic rings. The van der Waals surface area contributed by atoms with Crippen molar-refractivity contribution >= 4 is 22.3 Å². The quantitative estimate of drug-likeness (QED) is 0.730. The van der Waals surface area contributed by atoms with Gasteiger partial charge in [-0.15, -0.1) is 0 Å². The first-order chi connectivity index (χ1) is 9.22. The Bertz CT molecular complexity index is 790. The number of hydrogen-bond donors (Lipinski definition) is 2. The molecule has 0 atom stereocenters. The SMILES string of the molecule is Cc1cccc(Nc2cc3ccccc3[nH]c2=O)c1. The maximum Gasteiger partial charge on any atom is 0.272 e. The first-order valence-electron chi connectivity index (χ1n) is 6.18. The molecule has 3 aromatic rings. The fourth-order valence-electron chi connectivity index (χ4n) is 2.12. The molecule has 0 amide bonds. The number of H-pyrrole nitrogens is 1. The lowest BCUT2D eigenvalue weighted by Crippen LogP contribution is -2.11. The summed E-state index contributed by atoms with van der Waals surface area (Å²) in [5.41, 5.74) is 3.37. The second-order valence-electron chi connectivity index (χ2n) is 4.59. The number of anilines is 2. The highest BCUT2D eigenvalue weighted by Crippen LogP contribution is 2.18. The van der Waals surface area contributed by atoms with E-state index >= 15 is 0 Å². The van der Waals surface area contributed by atoms with Gasteiger partial charge in [0, 0.05) is 16.6 Å². The van der Waals surface area contributed by atoms with Gasteiger partial charge in [0.1, 0.15) is 5.69 Å². The fraction of sp³-hybridized carbons (Fsp3) is 0.0625. The summed E-state index contributed by atoms with van der Waals surface area (Å²) in [7, 11) is 0. The Kier molecular flexibility index (Phi) is 2.80. The van der Waals surface area contributed by atoms with Gasteiger partial charge in [0.2, 0.25) is 0 Å². The van der Waals surface area contributed by atoms with E-state index in [2.05, 4.69) is 10.3 Å². The first kappa shape index (κ1) is 11.5. The Hall–Kier alpha value is -2.55. The highest BCUT2D eigenvalue weighted by atomic mass is 16.1. The third kappa shape index (κ3) is 2.36. The van der Waals surface area contributed by atoms with Crippen molar-refractivity contribution in [2.24, 2.45) is 0 Å². The van der Waals surface area contributed by atoms with E-state index in [4.69, 9.17) is 0 Å². The number of aromatic nitrogens is 1. The number of pyridine rings is 1. The van der Waals surface area contributed by atoms with E-state index in [1.807, 2.05) is 61.5 Å². The number of aromatic amines is 1. The summed E-state index contributed by atoms with van der Waals surface area (Å²) in [6, 6.07) is 17.6. The van der Waals surface area contributed by atoms with Gasteiger partial charge in [0.15, 0.2) is 0 Å². The Labute approximate surface area is 110 Å². The molecular weight excluding hydrogens is 236 g/mol. The molecule has 0 radical (unpaired) electrons. The van der Waals surface area contributed by atoms with Crippen molar-refractivity contribution in [1.29, 1.82) is 0 Å². The van der Waals surface area contributed by atoms with Crippen LogP contribution in [-0.4, -0.2) is 4.98 Å². The predicted molar refractivity (Wildman–Crippen MR) is 79.0 cm³/mol. The molecule has 0 bridgehead atoms. The molecule has 0 fully saturated rings. The molecule has 3 nitrogen and oxygen atoms in total. The van der Waals surface area contributed by atoms with Crippen molar-refractivity contribution < 1.29 is 0 Å². The second-order valence-corrected chi connectivity index (χ2v) is 4.59. The van der Waals surface area contributed by atoms with Crippen molar-refractivity contribution in [3.63, 3.8) is 0 Å². The lowest BCUT2D eigenvalue weighted by molar-refractivity contribution is 1.30. The second kappa shape index (κ2) is 4.61. The van der Waals surface area contributed by atoms with E-state index in [1.54, 1.807) is 0 Å². The lowest BCUT2D eigenvalue weighted by atomic mass is 10.2. The van der Waals surface area contributed by atoms with Crippen LogP contribution in [0.4, 0.5) is 11.4 Å². The van der Waals surface area contributed by atoms with Gasteiger partial charge in [-0.25, -0.2) is 0 Å². The summed E-state index contributed by atoms with van der Waals surface area (Å²) in [4.78, 5) is 14.9. The van der Waals surface area contributed by atoms with E-state index in [0.717, 1.165) is 22.2 Å². The maximum atomic E-state index is 12.0. The topological polar surface area (TPSA) is 44.9 Å². The summed E-state index contributed by atoms with van der Waals surface area (Å²) >= 11 is 0. The number of hydrogen-bond acceptors (Lipinski definition) is 2. The van der Waals surface area contributed by atoms with Gasteiger partial charge in [-0.2, -0.15) is 0 Å². The molecule has 3 heteroatoms. The Morgan fingerprint density at radius 3 is 2.68 bits per heavy atom. The predicted octanol–water partition coefficient (Wildman–Crippen LogP) is 3.58. The van der Waals surface area contributed by atoms with Crippen LogP contribution < -0.4 is 10.9 Å². The van der Waals surface area contributed by atoms with Crippen LogP contribution in [-0.2, 0) is 0 Å². The lowest BCUT2D eigenvalue weighted by Gasteiger charge is -2.07. The third-order valence-corrected chi connectivity index (χ3v) is 3.05. The molecule has 0 saturated heterocycles. The van der Waals surface area contributed by atoms with Gasteiger partial charge < -0.3 is 10.3 Å².